The molecule has 0 spiro atoms. The fourth-order valence-corrected chi connectivity index (χ4v) is 2.68. The van der Waals surface area contributed by atoms with Gasteiger partial charge in [0.15, 0.2) is 0 Å². The molecule has 2 unspecified atom stereocenters. The number of hydrogen-bond acceptors (Lipinski definition) is 10. The van der Waals surface area contributed by atoms with E-state index in [9.17, 15) is 29.1 Å². The van der Waals surface area contributed by atoms with Crippen molar-refractivity contribution in [3.05, 3.63) is 29.8 Å². The fourth-order valence-electron chi connectivity index (χ4n) is 2.68. The quantitative estimate of drug-likeness (QED) is 0.303. The van der Waals surface area contributed by atoms with Crippen molar-refractivity contribution in [2.75, 3.05) is 32.2 Å². The number of carboxylic acid groups (broad SMARTS) is 1. The Labute approximate surface area is 215 Å². The predicted octanol–water partition coefficient (Wildman–Crippen LogP) is 3.56. The molecular formula is C25H35NO11. The summed E-state index contributed by atoms with van der Waals surface area (Å²) in [4.78, 5) is 58.8. The van der Waals surface area contributed by atoms with E-state index in [0.29, 0.717) is 11.3 Å². The first-order chi connectivity index (χ1) is 17.1. The van der Waals surface area contributed by atoms with Crippen LogP contribution in [0.3, 0.4) is 0 Å². The van der Waals surface area contributed by atoms with E-state index in [-0.39, 0.29) is 24.9 Å². The van der Waals surface area contributed by atoms with Crippen molar-refractivity contribution in [2.24, 2.45) is 10.8 Å². The summed E-state index contributed by atoms with van der Waals surface area (Å²) in [6, 6.07) is 6.22. The molecule has 12 nitrogen and oxygen atoms in total. The van der Waals surface area contributed by atoms with Gasteiger partial charge in [0.2, 0.25) is 0 Å². The minimum Gasteiger partial charge on any atom is -0.481 e. The average Bonchev–Trinajstić information content (AvgIpc) is 2.79. The lowest BCUT2D eigenvalue weighted by atomic mass is 9.91. The Balaban J connectivity index is 2.54. The number of carboxylic acids is 1. The topological polar surface area (TPSA) is 164 Å². The molecule has 1 amide bonds. The molecule has 0 aliphatic rings. The number of anilines is 1. The van der Waals surface area contributed by atoms with E-state index in [0.717, 1.165) is 0 Å². The first-order valence-corrected chi connectivity index (χ1v) is 11.5. The Morgan fingerprint density at radius 1 is 0.919 bits per heavy atom. The summed E-state index contributed by atoms with van der Waals surface area (Å²) in [5.74, 6) is -2.37. The Morgan fingerprint density at radius 3 is 2.05 bits per heavy atom. The van der Waals surface area contributed by atoms with Gasteiger partial charge in [-0.1, -0.05) is 32.9 Å². The highest BCUT2D eigenvalue weighted by Crippen LogP contribution is 2.22. The molecule has 0 saturated carbocycles. The molecule has 12 heteroatoms. The van der Waals surface area contributed by atoms with Gasteiger partial charge < -0.3 is 28.8 Å². The van der Waals surface area contributed by atoms with Crippen LogP contribution in [0.15, 0.2) is 24.3 Å². The minimum atomic E-state index is -1.63. The van der Waals surface area contributed by atoms with Gasteiger partial charge in [0.25, 0.3) is 0 Å². The first-order valence-electron chi connectivity index (χ1n) is 11.5. The predicted molar refractivity (Wildman–Crippen MR) is 130 cm³/mol. The van der Waals surface area contributed by atoms with Gasteiger partial charge in [-0.25, -0.2) is 9.59 Å². The van der Waals surface area contributed by atoms with Crippen molar-refractivity contribution in [3.63, 3.8) is 0 Å². The average molecular weight is 526 g/mol. The summed E-state index contributed by atoms with van der Waals surface area (Å²) in [5, 5.41) is 12.0. The molecule has 0 saturated heterocycles. The number of ether oxygens (including phenoxy) is 5. The molecule has 2 N–H and O–H groups in total. The SMILES string of the molecule is COC(=O)OCC(C)OC(=O)Cc1ccc(NC(=O)OCC(C)(COC(=O)CC(C)(C)C)C(=O)O)cc1. The van der Waals surface area contributed by atoms with Gasteiger partial charge in [-0.05, 0) is 37.0 Å². The van der Waals surface area contributed by atoms with Crippen LogP contribution in [0.25, 0.3) is 0 Å². The number of methoxy groups -OCH3 is 1. The molecular weight excluding hydrogens is 490 g/mol. The van der Waals surface area contributed by atoms with Gasteiger partial charge in [0, 0.05) is 5.69 Å². The summed E-state index contributed by atoms with van der Waals surface area (Å²) in [7, 11) is 1.17. The lowest BCUT2D eigenvalue weighted by Crippen LogP contribution is -2.39. The highest BCUT2D eigenvalue weighted by Gasteiger charge is 2.37. The molecule has 0 aliphatic heterocycles. The molecule has 0 aliphatic carbocycles. The molecule has 206 valence electrons. The van der Waals surface area contributed by atoms with Crippen molar-refractivity contribution in [2.45, 2.75) is 53.6 Å². The maximum absolute atomic E-state index is 12.2. The van der Waals surface area contributed by atoms with Gasteiger partial charge in [-0.3, -0.25) is 19.7 Å². The third kappa shape index (κ3) is 12.6. The third-order valence-electron chi connectivity index (χ3n) is 4.75. The second-order valence-electron chi connectivity index (χ2n) is 9.90. The zero-order chi connectivity index (χ0) is 28.2. The van der Waals surface area contributed by atoms with Crippen molar-refractivity contribution in [1.29, 1.82) is 0 Å². The smallest absolute Gasteiger partial charge is 0.481 e. The lowest BCUT2D eigenvalue weighted by Gasteiger charge is -2.25. The van der Waals surface area contributed by atoms with E-state index in [4.69, 9.17) is 18.9 Å². The number of rotatable bonds is 12. The van der Waals surface area contributed by atoms with Gasteiger partial charge in [0.1, 0.15) is 31.3 Å². The van der Waals surface area contributed by atoms with E-state index in [1.54, 1.807) is 19.1 Å². The highest BCUT2D eigenvalue weighted by molar-refractivity contribution is 5.85. The zero-order valence-electron chi connectivity index (χ0n) is 22.0. The van der Waals surface area contributed by atoms with Crippen LogP contribution in [0.2, 0.25) is 0 Å². The molecule has 0 radical (unpaired) electrons. The highest BCUT2D eigenvalue weighted by atomic mass is 16.7. The Bertz CT molecular complexity index is 952. The van der Waals surface area contributed by atoms with Gasteiger partial charge in [-0.15, -0.1) is 0 Å². The first kappa shape index (κ1) is 31.2. The molecule has 1 rings (SSSR count). The van der Waals surface area contributed by atoms with Crippen LogP contribution >= 0.6 is 0 Å². The number of hydrogen-bond donors (Lipinski definition) is 2. The second kappa shape index (κ2) is 14.0. The van der Waals surface area contributed by atoms with Crippen LogP contribution in [0, 0.1) is 10.8 Å². The van der Waals surface area contributed by atoms with Crippen molar-refractivity contribution < 1.29 is 52.8 Å². The number of carbonyl (C=O) groups is 5. The van der Waals surface area contributed by atoms with Gasteiger partial charge >= 0.3 is 30.2 Å². The monoisotopic (exact) mass is 525 g/mol. The molecule has 1 aromatic rings. The van der Waals surface area contributed by atoms with Crippen LogP contribution in [0.4, 0.5) is 15.3 Å². The van der Waals surface area contributed by atoms with Crippen molar-refractivity contribution in [1.82, 2.24) is 0 Å². The Kier molecular flexibility index (Phi) is 11.8. The zero-order valence-corrected chi connectivity index (χ0v) is 22.0. The second-order valence-corrected chi connectivity index (χ2v) is 9.90. The summed E-state index contributed by atoms with van der Waals surface area (Å²) in [6.45, 7) is 7.28. The van der Waals surface area contributed by atoms with Crippen molar-refractivity contribution in [3.8, 4) is 0 Å². The van der Waals surface area contributed by atoms with E-state index >= 15 is 0 Å². The number of benzene rings is 1. The fraction of sp³-hybridized carbons (Fsp3) is 0.560. The number of aliphatic carboxylic acids is 1. The number of carbonyl (C=O) groups excluding carboxylic acids is 4. The molecule has 0 heterocycles. The van der Waals surface area contributed by atoms with Crippen LogP contribution in [-0.4, -0.2) is 68.3 Å². The van der Waals surface area contributed by atoms with Crippen LogP contribution < -0.4 is 5.32 Å². The van der Waals surface area contributed by atoms with E-state index in [1.165, 1.54) is 26.2 Å². The normalized spacial score (nSPS) is 13.4. The van der Waals surface area contributed by atoms with Crippen LogP contribution in [0.5, 0.6) is 0 Å². The Hall–Kier alpha value is -3.83. The molecule has 2 atom stereocenters. The molecule has 1 aromatic carbocycles. The number of esters is 2. The summed E-state index contributed by atoms with van der Waals surface area (Å²) in [5.41, 5.74) is -1.01. The molecule has 37 heavy (non-hydrogen) atoms. The standard InChI is InChI=1S/C25H35NO11/c1-16(13-34-23(32)33-6)37-19(27)11-17-7-9-18(10-8-17)26-22(31)36-15-25(5,21(29)30)14-35-20(28)12-24(2,3)4/h7-10,16H,11-15H2,1-6H3,(H,26,31)(H,29,30). The molecule has 0 aromatic heterocycles. The van der Waals surface area contributed by atoms with E-state index in [2.05, 4.69) is 10.1 Å². The minimum absolute atomic E-state index is 0.0574. The molecule has 0 fully saturated rings. The largest absolute Gasteiger partial charge is 0.508 e. The number of nitrogens with one attached hydrogen (secondary N) is 1. The van der Waals surface area contributed by atoms with Crippen LogP contribution in [0.1, 0.15) is 46.6 Å². The van der Waals surface area contributed by atoms with Gasteiger partial charge in [-0.2, -0.15) is 0 Å². The summed E-state index contributed by atoms with van der Waals surface area (Å²) >= 11 is 0. The third-order valence-corrected chi connectivity index (χ3v) is 4.75. The lowest BCUT2D eigenvalue weighted by molar-refractivity contribution is -0.161. The maximum Gasteiger partial charge on any atom is 0.508 e. The Morgan fingerprint density at radius 2 is 1.51 bits per heavy atom. The van der Waals surface area contributed by atoms with E-state index < -0.39 is 54.9 Å². The summed E-state index contributed by atoms with van der Waals surface area (Å²) < 4.78 is 24.3. The van der Waals surface area contributed by atoms with E-state index in [1.807, 2.05) is 20.8 Å². The van der Waals surface area contributed by atoms with Crippen LogP contribution in [-0.2, 0) is 44.5 Å². The van der Waals surface area contributed by atoms with Gasteiger partial charge in [0.05, 0.1) is 20.0 Å². The summed E-state index contributed by atoms with van der Waals surface area (Å²) in [6.07, 6.45) is -2.39. The molecule has 0 bridgehead atoms. The number of amides is 1. The maximum atomic E-state index is 12.2. The van der Waals surface area contributed by atoms with Crippen molar-refractivity contribution >= 4 is 35.8 Å².